The van der Waals surface area contributed by atoms with Crippen LogP contribution >= 0.6 is 23.2 Å². The van der Waals surface area contributed by atoms with E-state index in [1.807, 2.05) is 0 Å². The highest BCUT2D eigenvalue weighted by Gasteiger charge is 1.89. The molecule has 0 saturated carbocycles. The second-order valence-corrected chi connectivity index (χ2v) is 2.17. The van der Waals surface area contributed by atoms with Crippen LogP contribution in [0.2, 0.25) is 10.6 Å². The van der Waals surface area contributed by atoms with Gasteiger partial charge in [-0.25, -0.2) is 9.97 Å². The molecule has 0 fully saturated rings. The van der Waals surface area contributed by atoms with Gasteiger partial charge in [0, 0.05) is 0 Å². The molecule has 1 aromatic rings. The van der Waals surface area contributed by atoms with Gasteiger partial charge in [-0.2, -0.15) is 4.98 Å². The fraction of sp³-hybridized carbons (Fsp3) is 0.167. The Kier molecular flexibility index (Phi) is 6.55. The maximum Gasteiger partial charge on any atom is 0.226 e. The Hall–Kier alpha value is -0.710. The van der Waals surface area contributed by atoms with Crippen LogP contribution in [0, 0.1) is 0 Å². The zero-order valence-corrected chi connectivity index (χ0v) is 7.63. The highest BCUT2D eigenvalue weighted by Crippen LogP contribution is 2.00. The van der Waals surface area contributed by atoms with Crippen molar-refractivity contribution in [3.05, 3.63) is 29.5 Å². The van der Waals surface area contributed by atoms with E-state index in [1.165, 1.54) is 12.4 Å². The van der Waals surface area contributed by atoms with E-state index in [0.29, 0.717) is 0 Å². The van der Waals surface area contributed by atoms with E-state index in [4.69, 9.17) is 28.3 Å². The van der Waals surface area contributed by atoms with Gasteiger partial charge in [0.2, 0.25) is 10.6 Å². The number of aliphatic hydroxyl groups excluding tert-OH is 1. The molecule has 0 aliphatic carbocycles. The van der Waals surface area contributed by atoms with Gasteiger partial charge in [-0.15, -0.1) is 6.58 Å². The van der Waals surface area contributed by atoms with Crippen molar-refractivity contribution in [1.29, 1.82) is 0 Å². The Morgan fingerprint density at radius 2 is 1.83 bits per heavy atom. The van der Waals surface area contributed by atoms with Crippen LogP contribution in [0.3, 0.4) is 0 Å². The molecule has 6 heteroatoms. The SMILES string of the molecule is C=CCO.Clc1ncnc(Cl)n1. The molecule has 4 nitrogen and oxygen atoms in total. The van der Waals surface area contributed by atoms with E-state index in [9.17, 15) is 0 Å². The first-order valence-electron chi connectivity index (χ1n) is 2.92. The highest BCUT2D eigenvalue weighted by molar-refractivity contribution is 6.30. The molecule has 0 radical (unpaired) electrons. The van der Waals surface area contributed by atoms with Gasteiger partial charge in [-0.3, -0.25) is 0 Å². The van der Waals surface area contributed by atoms with Crippen LogP contribution in [-0.4, -0.2) is 26.7 Å². The van der Waals surface area contributed by atoms with Crippen molar-refractivity contribution in [1.82, 2.24) is 15.0 Å². The molecule has 66 valence electrons. The third-order valence-corrected chi connectivity index (χ3v) is 1.01. The molecule has 1 N–H and O–H groups in total. The van der Waals surface area contributed by atoms with Crippen molar-refractivity contribution in [3.63, 3.8) is 0 Å². The van der Waals surface area contributed by atoms with Crippen molar-refractivity contribution in [2.45, 2.75) is 0 Å². The summed E-state index contributed by atoms with van der Waals surface area (Å²) in [6, 6.07) is 0. The Bertz CT molecular complexity index is 227. The summed E-state index contributed by atoms with van der Waals surface area (Å²) < 4.78 is 0. The van der Waals surface area contributed by atoms with Crippen molar-refractivity contribution in [2.75, 3.05) is 6.61 Å². The Balaban J connectivity index is 0.000000261. The van der Waals surface area contributed by atoms with Crippen molar-refractivity contribution in [3.8, 4) is 0 Å². The third-order valence-electron chi connectivity index (χ3n) is 0.642. The molecule has 12 heavy (non-hydrogen) atoms. The van der Waals surface area contributed by atoms with Crippen LogP contribution in [0.15, 0.2) is 19.0 Å². The average molecular weight is 208 g/mol. The first-order chi connectivity index (χ1) is 5.70. The van der Waals surface area contributed by atoms with Gasteiger partial charge >= 0.3 is 0 Å². The fourth-order valence-electron chi connectivity index (χ4n) is 0.258. The number of rotatable bonds is 1. The summed E-state index contributed by atoms with van der Waals surface area (Å²) in [5.41, 5.74) is 0. The second-order valence-electron chi connectivity index (χ2n) is 1.49. The van der Waals surface area contributed by atoms with Gasteiger partial charge in [-0.1, -0.05) is 6.08 Å². The quantitative estimate of drug-likeness (QED) is 0.707. The van der Waals surface area contributed by atoms with Crippen molar-refractivity contribution >= 4 is 23.2 Å². The first-order valence-corrected chi connectivity index (χ1v) is 3.68. The van der Waals surface area contributed by atoms with Crippen molar-refractivity contribution < 1.29 is 5.11 Å². The molecule has 0 aliphatic heterocycles. The summed E-state index contributed by atoms with van der Waals surface area (Å²) in [5.74, 6) is 0. The van der Waals surface area contributed by atoms with E-state index in [2.05, 4.69) is 21.5 Å². The summed E-state index contributed by atoms with van der Waals surface area (Å²) in [7, 11) is 0. The zero-order valence-electron chi connectivity index (χ0n) is 6.11. The zero-order chi connectivity index (χ0) is 9.40. The number of hydrogen-bond donors (Lipinski definition) is 1. The molecular weight excluding hydrogens is 201 g/mol. The van der Waals surface area contributed by atoms with Gasteiger partial charge in [0.15, 0.2) is 0 Å². The van der Waals surface area contributed by atoms with E-state index in [1.54, 1.807) is 0 Å². The van der Waals surface area contributed by atoms with Gasteiger partial charge in [0.05, 0.1) is 6.61 Å². The molecule has 0 aliphatic rings. The number of hydrogen-bond acceptors (Lipinski definition) is 4. The van der Waals surface area contributed by atoms with Gasteiger partial charge < -0.3 is 5.11 Å². The molecular formula is C6H7Cl2N3O. The predicted molar refractivity (Wildman–Crippen MR) is 47.1 cm³/mol. The standard InChI is InChI=1S/C3HCl2N3.C3H6O/c4-2-6-1-7-3(5)8-2;1-2-3-4/h1H;2,4H,1,3H2. The van der Waals surface area contributed by atoms with Crippen LogP contribution in [0.1, 0.15) is 0 Å². The summed E-state index contributed by atoms with van der Waals surface area (Å²) in [5, 5.41) is 7.99. The summed E-state index contributed by atoms with van der Waals surface area (Å²) >= 11 is 10.6. The maximum atomic E-state index is 7.76. The van der Waals surface area contributed by atoms with E-state index < -0.39 is 0 Å². The minimum Gasteiger partial charge on any atom is -0.392 e. The van der Waals surface area contributed by atoms with Gasteiger partial charge in [-0.05, 0) is 23.2 Å². The Labute approximate surface area is 79.9 Å². The molecule has 0 aromatic carbocycles. The molecule has 1 aromatic heterocycles. The topological polar surface area (TPSA) is 58.9 Å². The minimum absolute atomic E-state index is 0.0833. The average Bonchev–Trinajstić information content (AvgIpc) is 2.04. The van der Waals surface area contributed by atoms with Crippen LogP contribution in [0.4, 0.5) is 0 Å². The monoisotopic (exact) mass is 207 g/mol. The second kappa shape index (κ2) is 6.97. The van der Waals surface area contributed by atoms with Crippen LogP contribution in [0.5, 0.6) is 0 Å². The summed E-state index contributed by atoms with van der Waals surface area (Å²) in [4.78, 5) is 10.5. The maximum absolute atomic E-state index is 7.76. The third kappa shape index (κ3) is 6.03. The van der Waals surface area contributed by atoms with Crippen LogP contribution in [0.25, 0.3) is 0 Å². The minimum atomic E-state index is 0.0833. The normalized spacial score (nSPS) is 8.25. The number of halogens is 2. The molecule has 0 atom stereocenters. The Morgan fingerprint density at radius 3 is 2.00 bits per heavy atom. The summed E-state index contributed by atoms with van der Waals surface area (Å²) in [6.07, 6.45) is 2.68. The lowest BCUT2D eigenvalue weighted by Gasteiger charge is -1.84. The van der Waals surface area contributed by atoms with E-state index in [0.717, 1.165) is 0 Å². The molecule has 0 saturated heterocycles. The largest absolute Gasteiger partial charge is 0.392 e. The lowest BCUT2D eigenvalue weighted by molar-refractivity contribution is 0.343. The molecule has 0 amide bonds. The van der Waals surface area contributed by atoms with Gasteiger partial charge in [0.25, 0.3) is 0 Å². The van der Waals surface area contributed by atoms with E-state index in [-0.39, 0.29) is 17.2 Å². The highest BCUT2D eigenvalue weighted by atomic mass is 35.5. The lowest BCUT2D eigenvalue weighted by atomic mass is 10.7. The molecule has 0 unspecified atom stereocenters. The van der Waals surface area contributed by atoms with Crippen molar-refractivity contribution in [2.24, 2.45) is 0 Å². The number of aromatic nitrogens is 3. The van der Waals surface area contributed by atoms with Crippen LogP contribution in [-0.2, 0) is 0 Å². The Morgan fingerprint density at radius 1 is 1.42 bits per heavy atom. The molecule has 1 heterocycles. The summed E-state index contributed by atoms with van der Waals surface area (Å²) in [6.45, 7) is 3.31. The molecule has 0 spiro atoms. The predicted octanol–water partition coefficient (Wildman–Crippen LogP) is 1.34. The van der Waals surface area contributed by atoms with E-state index >= 15 is 0 Å². The number of aliphatic hydroxyl groups is 1. The number of nitrogens with zero attached hydrogens (tertiary/aromatic N) is 3. The first kappa shape index (κ1) is 11.3. The smallest absolute Gasteiger partial charge is 0.226 e. The molecule has 1 rings (SSSR count). The lowest BCUT2D eigenvalue weighted by Crippen LogP contribution is -1.83. The fourth-order valence-corrected chi connectivity index (χ4v) is 0.549. The van der Waals surface area contributed by atoms with Gasteiger partial charge in [0.1, 0.15) is 6.33 Å². The van der Waals surface area contributed by atoms with Crippen LogP contribution < -0.4 is 0 Å². The molecule has 0 bridgehead atoms.